The first-order valence-corrected chi connectivity index (χ1v) is 6.98. The molecule has 0 bridgehead atoms. The Morgan fingerprint density at radius 2 is 1.94 bits per heavy atom. The fraction of sp³-hybridized carbons (Fsp3) is 0.267. The lowest BCUT2D eigenvalue weighted by atomic mass is 10.2. The zero-order chi connectivity index (χ0) is 12.7. The summed E-state index contributed by atoms with van der Waals surface area (Å²) >= 11 is 1.74. The zero-order valence-electron chi connectivity index (χ0n) is 10.5. The van der Waals surface area contributed by atoms with Crippen molar-refractivity contribution >= 4 is 22.9 Å². The van der Waals surface area contributed by atoms with E-state index in [0.717, 1.165) is 5.69 Å². The summed E-state index contributed by atoms with van der Waals surface area (Å²) in [6.07, 6.45) is 0.561. The summed E-state index contributed by atoms with van der Waals surface area (Å²) in [5.74, 6) is 0.228. The van der Waals surface area contributed by atoms with Gasteiger partial charge in [-0.05, 0) is 25.5 Å². The van der Waals surface area contributed by atoms with E-state index in [1.165, 1.54) is 15.3 Å². The zero-order valence-corrected chi connectivity index (χ0v) is 11.3. The van der Waals surface area contributed by atoms with Gasteiger partial charge in [0, 0.05) is 15.8 Å². The predicted molar refractivity (Wildman–Crippen MR) is 76.1 cm³/mol. The van der Waals surface area contributed by atoms with Crippen molar-refractivity contribution in [2.75, 3.05) is 4.90 Å². The Labute approximate surface area is 111 Å². The average molecular weight is 257 g/mol. The quantitative estimate of drug-likeness (QED) is 0.803. The van der Waals surface area contributed by atoms with Gasteiger partial charge in [-0.1, -0.05) is 30.3 Å². The number of rotatable bonds is 2. The third kappa shape index (κ3) is 1.75. The topological polar surface area (TPSA) is 20.3 Å². The molecule has 1 aliphatic heterocycles. The van der Waals surface area contributed by atoms with Gasteiger partial charge in [-0.2, -0.15) is 0 Å². The Morgan fingerprint density at radius 3 is 2.61 bits per heavy atom. The van der Waals surface area contributed by atoms with E-state index in [0.29, 0.717) is 6.42 Å². The van der Waals surface area contributed by atoms with Crippen LogP contribution in [0, 0.1) is 0 Å². The molecule has 0 N–H and O–H groups in total. The number of fused-ring (bicyclic) bond motifs is 1. The molecule has 3 rings (SSSR count). The molecular weight excluding hydrogens is 242 g/mol. The maximum atomic E-state index is 11.9. The molecular formula is C15H15NOS. The monoisotopic (exact) mass is 257 g/mol. The first kappa shape index (κ1) is 11.5. The number of thiophene rings is 1. The molecule has 0 atom stereocenters. The van der Waals surface area contributed by atoms with Gasteiger partial charge in [0.15, 0.2) is 0 Å². The number of anilines is 1. The van der Waals surface area contributed by atoms with E-state index >= 15 is 0 Å². The van der Waals surface area contributed by atoms with E-state index in [1.54, 1.807) is 11.3 Å². The van der Waals surface area contributed by atoms with Gasteiger partial charge in [-0.25, -0.2) is 0 Å². The first-order chi connectivity index (χ1) is 8.66. The number of hydrogen-bond acceptors (Lipinski definition) is 2. The van der Waals surface area contributed by atoms with Crippen LogP contribution in [0.1, 0.15) is 18.7 Å². The van der Waals surface area contributed by atoms with Crippen molar-refractivity contribution in [2.45, 2.75) is 26.3 Å². The van der Waals surface area contributed by atoms with E-state index in [-0.39, 0.29) is 11.9 Å². The molecule has 0 fully saturated rings. The van der Waals surface area contributed by atoms with Crippen LogP contribution >= 0.6 is 11.3 Å². The molecule has 18 heavy (non-hydrogen) atoms. The lowest BCUT2D eigenvalue weighted by Crippen LogP contribution is -2.33. The van der Waals surface area contributed by atoms with E-state index in [2.05, 4.69) is 32.0 Å². The van der Waals surface area contributed by atoms with Gasteiger partial charge in [0.1, 0.15) is 0 Å². The minimum absolute atomic E-state index is 0.228. The van der Waals surface area contributed by atoms with Crippen molar-refractivity contribution < 1.29 is 4.79 Å². The van der Waals surface area contributed by atoms with Crippen molar-refractivity contribution in [1.82, 2.24) is 0 Å². The van der Waals surface area contributed by atoms with Crippen LogP contribution in [0.5, 0.6) is 0 Å². The molecule has 2 heterocycles. The molecule has 2 aromatic rings. The van der Waals surface area contributed by atoms with Crippen LogP contribution in [-0.2, 0) is 11.2 Å². The third-order valence-electron chi connectivity index (χ3n) is 3.20. The van der Waals surface area contributed by atoms with E-state index in [1.807, 2.05) is 23.1 Å². The minimum atomic E-state index is 0.228. The van der Waals surface area contributed by atoms with Crippen LogP contribution < -0.4 is 4.90 Å². The van der Waals surface area contributed by atoms with Crippen molar-refractivity contribution in [3.05, 3.63) is 41.3 Å². The van der Waals surface area contributed by atoms with Crippen molar-refractivity contribution in [1.29, 1.82) is 0 Å². The summed E-state index contributed by atoms with van der Waals surface area (Å²) in [7, 11) is 0. The molecule has 1 aromatic heterocycles. The molecule has 0 saturated carbocycles. The lowest BCUT2D eigenvalue weighted by Gasteiger charge is -2.20. The molecule has 0 unspecified atom stereocenters. The highest BCUT2D eigenvalue weighted by Gasteiger charge is 2.31. The van der Waals surface area contributed by atoms with Crippen LogP contribution in [0.25, 0.3) is 10.4 Å². The number of amides is 1. The first-order valence-electron chi connectivity index (χ1n) is 6.17. The highest BCUT2D eigenvalue weighted by Crippen LogP contribution is 2.41. The fourth-order valence-electron chi connectivity index (χ4n) is 2.42. The van der Waals surface area contributed by atoms with Crippen LogP contribution in [0.3, 0.4) is 0 Å². The Bertz CT molecular complexity index is 586. The van der Waals surface area contributed by atoms with Gasteiger partial charge in [0.05, 0.1) is 12.1 Å². The second-order valence-electron chi connectivity index (χ2n) is 4.82. The van der Waals surface area contributed by atoms with E-state index in [4.69, 9.17) is 0 Å². The summed E-state index contributed by atoms with van der Waals surface area (Å²) in [4.78, 5) is 16.3. The molecule has 0 saturated heterocycles. The van der Waals surface area contributed by atoms with Crippen LogP contribution in [0.2, 0.25) is 0 Å². The average Bonchev–Trinajstić information content (AvgIpc) is 2.85. The minimum Gasteiger partial charge on any atom is -0.308 e. The molecule has 2 nitrogen and oxygen atoms in total. The Kier molecular flexibility index (Phi) is 2.71. The summed E-state index contributed by atoms with van der Waals surface area (Å²) in [5, 5.41) is 0. The fourth-order valence-corrected chi connectivity index (χ4v) is 3.56. The van der Waals surface area contributed by atoms with E-state index in [9.17, 15) is 4.79 Å². The molecule has 1 amide bonds. The predicted octanol–water partition coefficient (Wildman–Crippen LogP) is 3.71. The molecule has 0 spiro atoms. The molecule has 92 valence electrons. The lowest BCUT2D eigenvalue weighted by molar-refractivity contribution is -0.117. The highest BCUT2D eigenvalue weighted by atomic mass is 32.1. The Balaban J connectivity index is 2.03. The molecule has 0 radical (unpaired) electrons. The van der Waals surface area contributed by atoms with Crippen LogP contribution in [0.4, 0.5) is 5.69 Å². The van der Waals surface area contributed by atoms with Crippen molar-refractivity contribution in [2.24, 2.45) is 0 Å². The SMILES string of the molecule is CC(C)N1C(=O)Cc2sc(-c3ccccc3)cc21. The number of nitrogens with zero attached hydrogens (tertiary/aromatic N) is 1. The number of carbonyl (C=O) groups excluding carboxylic acids is 1. The van der Waals surface area contributed by atoms with Gasteiger partial charge >= 0.3 is 0 Å². The number of benzene rings is 1. The van der Waals surface area contributed by atoms with Gasteiger partial charge in [-0.3, -0.25) is 4.79 Å². The summed E-state index contributed by atoms with van der Waals surface area (Å²) in [5.41, 5.74) is 2.34. The number of hydrogen-bond donors (Lipinski definition) is 0. The molecule has 1 aliphatic rings. The number of carbonyl (C=O) groups is 1. The van der Waals surface area contributed by atoms with Crippen molar-refractivity contribution in [3.8, 4) is 10.4 Å². The summed E-state index contributed by atoms with van der Waals surface area (Å²) in [6, 6.07) is 12.7. The summed E-state index contributed by atoms with van der Waals surface area (Å²) < 4.78 is 0. The van der Waals surface area contributed by atoms with Crippen LogP contribution in [0.15, 0.2) is 36.4 Å². The largest absolute Gasteiger partial charge is 0.308 e. The normalized spacial score (nSPS) is 14.4. The summed E-state index contributed by atoms with van der Waals surface area (Å²) in [6.45, 7) is 4.12. The van der Waals surface area contributed by atoms with E-state index < -0.39 is 0 Å². The van der Waals surface area contributed by atoms with Crippen molar-refractivity contribution in [3.63, 3.8) is 0 Å². The Morgan fingerprint density at radius 1 is 1.22 bits per heavy atom. The van der Waals surface area contributed by atoms with Gasteiger partial charge in [0.2, 0.25) is 5.91 Å². The molecule has 1 aromatic carbocycles. The standard InChI is InChI=1S/C15H15NOS/c1-10(2)16-12-8-13(11-6-4-3-5-7-11)18-14(12)9-15(16)17/h3-8,10H,9H2,1-2H3. The maximum absolute atomic E-state index is 11.9. The van der Waals surface area contributed by atoms with Gasteiger partial charge in [-0.15, -0.1) is 11.3 Å². The smallest absolute Gasteiger partial charge is 0.232 e. The van der Waals surface area contributed by atoms with Crippen LogP contribution in [-0.4, -0.2) is 11.9 Å². The highest BCUT2D eigenvalue weighted by molar-refractivity contribution is 7.16. The third-order valence-corrected chi connectivity index (χ3v) is 4.37. The second kappa shape index (κ2) is 4.25. The molecule has 0 aliphatic carbocycles. The van der Waals surface area contributed by atoms with Gasteiger partial charge < -0.3 is 4.90 Å². The maximum Gasteiger partial charge on any atom is 0.232 e. The van der Waals surface area contributed by atoms with Gasteiger partial charge in [0.25, 0.3) is 0 Å². The molecule has 3 heteroatoms. The Hall–Kier alpha value is -1.61. The second-order valence-corrected chi connectivity index (χ2v) is 5.96.